The van der Waals surface area contributed by atoms with Crippen molar-refractivity contribution in [2.24, 2.45) is 10.4 Å². The number of hydrogen-bond donors (Lipinski definition) is 1. The molecule has 150 valence electrons. The third-order valence-corrected chi connectivity index (χ3v) is 6.32. The van der Waals surface area contributed by atoms with Crippen molar-refractivity contribution in [1.82, 2.24) is 15.1 Å². The van der Waals surface area contributed by atoms with Crippen molar-refractivity contribution in [3.8, 4) is 0 Å². The molecule has 0 aliphatic carbocycles. The monoisotopic (exact) mass is 484 g/mol. The van der Waals surface area contributed by atoms with Gasteiger partial charge in [-0.1, -0.05) is 38.1 Å². The SMILES string of the molecule is CCNC(=NCC(=O)N1CCc2ccccc2C1)N1CC(C)(C)C1(C)C.I. The number of hydrogen-bond acceptors (Lipinski definition) is 2. The number of benzene rings is 1. The lowest BCUT2D eigenvalue weighted by atomic mass is 9.65. The summed E-state index contributed by atoms with van der Waals surface area (Å²) in [6.45, 7) is 14.6. The lowest BCUT2D eigenvalue weighted by Crippen LogP contribution is -2.72. The van der Waals surface area contributed by atoms with Gasteiger partial charge >= 0.3 is 0 Å². The molecule has 1 N–H and O–H groups in total. The van der Waals surface area contributed by atoms with E-state index in [1.165, 1.54) is 11.1 Å². The zero-order valence-electron chi connectivity index (χ0n) is 17.2. The van der Waals surface area contributed by atoms with Crippen molar-refractivity contribution >= 4 is 35.8 Å². The predicted octanol–water partition coefficient (Wildman–Crippen LogP) is 3.28. The number of fused-ring (bicyclic) bond motifs is 1. The molecule has 2 heterocycles. The average molecular weight is 484 g/mol. The Hall–Kier alpha value is -1.31. The summed E-state index contributed by atoms with van der Waals surface area (Å²) in [6, 6.07) is 8.39. The molecule has 1 amide bonds. The molecule has 2 aliphatic rings. The lowest BCUT2D eigenvalue weighted by molar-refractivity contribution is -0.130. The summed E-state index contributed by atoms with van der Waals surface area (Å²) < 4.78 is 0. The van der Waals surface area contributed by atoms with Crippen LogP contribution in [0.4, 0.5) is 0 Å². The summed E-state index contributed by atoms with van der Waals surface area (Å²) in [5, 5.41) is 3.36. The fourth-order valence-electron chi connectivity index (χ4n) is 3.75. The molecule has 0 aromatic heterocycles. The number of nitrogens with zero attached hydrogens (tertiary/aromatic N) is 3. The zero-order valence-corrected chi connectivity index (χ0v) is 19.5. The third kappa shape index (κ3) is 4.25. The van der Waals surface area contributed by atoms with Gasteiger partial charge in [0.2, 0.25) is 5.91 Å². The van der Waals surface area contributed by atoms with Gasteiger partial charge in [-0.05, 0) is 38.3 Å². The van der Waals surface area contributed by atoms with Gasteiger partial charge in [-0.3, -0.25) is 4.79 Å². The number of carbonyl (C=O) groups is 1. The fraction of sp³-hybridized carbons (Fsp3) is 0.619. The van der Waals surface area contributed by atoms with Crippen molar-refractivity contribution < 1.29 is 4.79 Å². The van der Waals surface area contributed by atoms with Crippen LogP contribution in [0.5, 0.6) is 0 Å². The van der Waals surface area contributed by atoms with E-state index in [4.69, 9.17) is 0 Å². The molecule has 1 fully saturated rings. The van der Waals surface area contributed by atoms with Gasteiger partial charge < -0.3 is 15.1 Å². The number of carbonyl (C=O) groups excluding carboxylic acids is 1. The molecule has 0 spiro atoms. The first-order chi connectivity index (χ1) is 12.3. The lowest BCUT2D eigenvalue weighted by Gasteiger charge is -2.62. The summed E-state index contributed by atoms with van der Waals surface area (Å²) in [7, 11) is 0. The molecule has 3 rings (SSSR count). The van der Waals surface area contributed by atoms with E-state index in [9.17, 15) is 4.79 Å². The standard InChI is InChI=1S/C21H32N4O.HI/c1-6-22-19(25-15-20(2,3)21(25,4)5)23-13-18(26)24-12-11-16-9-7-8-10-17(16)14-24;/h7-10H,6,11-15H2,1-5H3,(H,22,23);1H. The summed E-state index contributed by atoms with van der Waals surface area (Å²) >= 11 is 0. The number of amides is 1. The minimum absolute atomic E-state index is 0. The Morgan fingerprint density at radius 3 is 2.44 bits per heavy atom. The minimum atomic E-state index is 0. The molecule has 6 heteroatoms. The number of nitrogens with one attached hydrogen (secondary N) is 1. The van der Waals surface area contributed by atoms with E-state index in [1.807, 2.05) is 11.0 Å². The van der Waals surface area contributed by atoms with E-state index in [0.717, 1.165) is 32.0 Å². The fourth-order valence-corrected chi connectivity index (χ4v) is 3.75. The van der Waals surface area contributed by atoms with Gasteiger partial charge in [0.15, 0.2) is 5.96 Å². The molecule has 0 saturated carbocycles. The highest BCUT2D eigenvalue weighted by molar-refractivity contribution is 14.0. The normalized spacial score (nSPS) is 20.3. The van der Waals surface area contributed by atoms with Crippen LogP contribution in [0.1, 0.15) is 45.7 Å². The first kappa shape index (κ1) is 22.0. The van der Waals surface area contributed by atoms with Crippen LogP contribution in [0.15, 0.2) is 29.3 Å². The Kier molecular flexibility index (Phi) is 6.81. The van der Waals surface area contributed by atoms with E-state index >= 15 is 0 Å². The first-order valence-corrected chi connectivity index (χ1v) is 9.67. The summed E-state index contributed by atoms with van der Waals surface area (Å²) in [6.07, 6.45) is 0.930. The number of halogens is 1. The predicted molar refractivity (Wildman–Crippen MR) is 122 cm³/mol. The van der Waals surface area contributed by atoms with E-state index < -0.39 is 0 Å². The minimum Gasteiger partial charge on any atom is -0.356 e. The quantitative estimate of drug-likeness (QED) is 0.407. The molecule has 0 atom stereocenters. The van der Waals surface area contributed by atoms with Crippen LogP contribution in [-0.4, -0.2) is 53.4 Å². The topological polar surface area (TPSA) is 47.9 Å². The molecule has 1 saturated heterocycles. The van der Waals surface area contributed by atoms with E-state index in [1.54, 1.807) is 0 Å². The Labute approximate surface area is 180 Å². The van der Waals surface area contributed by atoms with Gasteiger partial charge in [0, 0.05) is 37.1 Å². The second-order valence-electron chi connectivity index (χ2n) is 8.53. The maximum atomic E-state index is 12.7. The van der Waals surface area contributed by atoms with Crippen molar-refractivity contribution in [2.45, 2.75) is 53.1 Å². The van der Waals surface area contributed by atoms with E-state index in [0.29, 0.717) is 6.54 Å². The molecule has 0 unspecified atom stereocenters. The van der Waals surface area contributed by atoms with Gasteiger partial charge in [0.1, 0.15) is 6.54 Å². The molecule has 1 aromatic carbocycles. The molecule has 2 aliphatic heterocycles. The Morgan fingerprint density at radius 1 is 1.19 bits per heavy atom. The van der Waals surface area contributed by atoms with E-state index in [-0.39, 0.29) is 47.4 Å². The highest BCUT2D eigenvalue weighted by Crippen LogP contribution is 2.46. The van der Waals surface area contributed by atoms with Crippen LogP contribution in [0.25, 0.3) is 0 Å². The second kappa shape index (κ2) is 8.37. The van der Waals surface area contributed by atoms with E-state index in [2.05, 4.69) is 68.0 Å². The van der Waals surface area contributed by atoms with Crippen LogP contribution in [0, 0.1) is 5.41 Å². The number of aliphatic imine (C=N–C) groups is 1. The van der Waals surface area contributed by atoms with Crippen LogP contribution in [0.2, 0.25) is 0 Å². The largest absolute Gasteiger partial charge is 0.356 e. The highest BCUT2D eigenvalue weighted by atomic mass is 127. The summed E-state index contributed by atoms with van der Waals surface area (Å²) in [5.74, 6) is 0.954. The van der Waals surface area contributed by atoms with Crippen molar-refractivity contribution in [1.29, 1.82) is 0 Å². The van der Waals surface area contributed by atoms with Gasteiger partial charge in [-0.15, -0.1) is 24.0 Å². The zero-order chi connectivity index (χ0) is 18.9. The average Bonchev–Trinajstić information content (AvgIpc) is 2.62. The van der Waals surface area contributed by atoms with Gasteiger partial charge in [-0.2, -0.15) is 0 Å². The molecule has 0 radical (unpaired) electrons. The number of likely N-dealkylation sites (tertiary alicyclic amines) is 1. The Morgan fingerprint density at radius 2 is 1.85 bits per heavy atom. The highest BCUT2D eigenvalue weighted by Gasteiger charge is 2.53. The summed E-state index contributed by atoms with van der Waals surface area (Å²) in [4.78, 5) is 21.6. The molecule has 5 nitrogen and oxygen atoms in total. The molecule has 27 heavy (non-hydrogen) atoms. The van der Waals surface area contributed by atoms with Crippen LogP contribution in [-0.2, 0) is 17.8 Å². The smallest absolute Gasteiger partial charge is 0.244 e. The van der Waals surface area contributed by atoms with Crippen molar-refractivity contribution in [3.63, 3.8) is 0 Å². The number of rotatable bonds is 3. The van der Waals surface area contributed by atoms with Crippen molar-refractivity contribution in [2.75, 3.05) is 26.2 Å². The maximum absolute atomic E-state index is 12.7. The van der Waals surface area contributed by atoms with Crippen LogP contribution >= 0.6 is 24.0 Å². The molecule has 0 bridgehead atoms. The number of guanidine groups is 1. The maximum Gasteiger partial charge on any atom is 0.244 e. The summed E-state index contributed by atoms with van der Waals surface area (Å²) in [5.41, 5.74) is 2.89. The third-order valence-electron chi connectivity index (χ3n) is 6.32. The molecule has 1 aromatic rings. The first-order valence-electron chi connectivity index (χ1n) is 9.67. The van der Waals surface area contributed by atoms with Crippen LogP contribution in [0.3, 0.4) is 0 Å². The van der Waals surface area contributed by atoms with Crippen LogP contribution < -0.4 is 5.32 Å². The molecular formula is C21H33IN4O. The Bertz CT molecular complexity index is 714. The van der Waals surface area contributed by atoms with Gasteiger partial charge in [-0.25, -0.2) is 4.99 Å². The van der Waals surface area contributed by atoms with Crippen molar-refractivity contribution in [3.05, 3.63) is 35.4 Å². The Balaban J connectivity index is 0.00000261. The second-order valence-corrected chi connectivity index (χ2v) is 8.53. The van der Waals surface area contributed by atoms with Gasteiger partial charge in [0.25, 0.3) is 0 Å². The molecular weight excluding hydrogens is 451 g/mol. The van der Waals surface area contributed by atoms with Gasteiger partial charge in [0.05, 0.1) is 0 Å².